The van der Waals surface area contributed by atoms with E-state index in [-0.39, 0.29) is 17.9 Å². The van der Waals surface area contributed by atoms with Gasteiger partial charge < -0.3 is 40.7 Å². The largest absolute Gasteiger partial charge is 0.471 e. The highest BCUT2D eigenvalue weighted by atomic mass is 31.2. The maximum atomic E-state index is 10.9. The highest BCUT2D eigenvalue weighted by Gasteiger charge is 2.42. The van der Waals surface area contributed by atoms with Gasteiger partial charge in [0, 0.05) is 11.8 Å². The molecule has 3 rings (SSSR count). The van der Waals surface area contributed by atoms with Crippen molar-refractivity contribution in [2.45, 2.75) is 31.0 Å². The summed E-state index contributed by atoms with van der Waals surface area (Å²) in [6.07, 6.45) is 0.226. The fourth-order valence-electron chi connectivity index (χ4n) is 2.94. The number of nitrogens with two attached hydrogens (primary N) is 1. The zero-order valence-corrected chi connectivity index (χ0v) is 13.7. The second kappa shape index (κ2) is 6.59. The van der Waals surface area contributed by atoms with E-state index in [1.165, 1.54) is 17.1 Å². The molecule has 0 aliphatic carbocycles. The number of anilines is 1. The number of rotatable bonds is 5. The second-order valence-corrected chi connectivity index (χ2v) is 6.91. The van der Waals surface area contributed by atoms with Gasteiger partial charge in [0.2, 0.25) is 0 Å². The second-order valence-electron chi connectivity index (χ2n) is 5.67. The van der Waals surface area contributed by atoms with Crippen LogP contribution in [-0.2, 0) is 15.8 Å². The average Bonchev–Trinajstić information content (AvgIpc) is 3.05. The standard InChI is InChI=1S/C12H18N5O7P/c13-12-9-7(14-3-15-12)5(1-17(9)4-24-25(21,22)23)8-11(20)10(19)6(2-18)16-8/h1,3,6,8,10-11,16,18-20H,2,4H2,(H2,13,14,15)(H2,21,22,23). The first-order valence-corrected chi connectivity index (χ1v) is 8.78. The Labute approximate surface area is 141 Å². The molecule has 4 atom stereocenters. The highest BCUT2D eigenvalue weighted by Crippen LogP contribution is 2.38. The highest BCUT2D eigenvalue weighted by molar-refractivity contribution is 7.46. The number of hydrogen-bond donors (Lipinski definition) is 7. The van der Waals surface area contributed by atoms with Gasteiger partial charge in [-0.2, -0.15) is 0 Å². The van der Waals surface area contributed by atoms with Gasteiger partial charge in [0.15, 0.2) is 5.82 Å². The Morgan fingerprint density at radius 3 is 2.64 bits per heavy atom. The van der Waals surface area contributed by atoms with Gasteiger partial charge in [0.1, 0.15) is 24.7 Å². The summed E-state index contributed by atoms with van der Waals surface area (Å²) in [5.41, 5.74) is 6.84. The van der Waals surface area contributed by atoms with Crippen LogP contribution in [0.25, 0.3) is 11.0 Å². The van der Waals surface area contributed by atoms with E-state index in [1.54, 1.807) is 0 Å². The number of hydrogen-bond acceptors (Lipinski definition) is 9. The normalized spacial score (nSPS) is 27.2. The topological polar surface area (TPSA) is 196 Å². The minimum atomic E-state index is -4.72. The van der Waals surface area contributed by atoms with Crippen LogP contribution in [0.4, 0.5) is 5.82 Å². The van der Waals surface area contributed by atoms with Gasteiger partial charge in [-0.05, 0) is 0 Å². The van der Waals surface area contributed by atoms with E-state index >= 15 is 0 Å². The fourth-order valence-corrected chi connectivity index (χ4v) is 3.22. The maximum absolute atomic E-state index is 10.9. The molecule has 1 fully saturated rings. The van der Waals surface area contributed by atoms with Crippen LogP contribution in [0, 0.1) is 0 Å². The Morgan fingerprint density at radius 2 is 2.04 bits per heavy atom. The van der Waals surface area contributed by atoms with Crippen molar-refractivity contribution < 1.29 is 34.2 Å². The van der Waals surface area contributed by atoms with E-state index in [0.29, 0.717) is 11.1 Å². The van der Waals surface area contributed by atoms with E-state index in [9.17, 15) is 19.9 Å². The number of nitrogens with one attached hydrogen (secondary N) is 1. The minimum Gasteiger partial charge on any atom is -0.395 e. The summed E-state index contributed by atoms with van der Waals surface area (Å²) >= 11 is 0. The van der Waals surface area contributed by atoms with Crippen LogP contribution in [0.2, 0.25) is 0 Å². The fraction of sp³-hybridized carbons (Fsp3) is 0.500. The molecule has 0 spiro atoms. The number of aliphatic hydroxyl groups is 3. The van der Waals surface area contributed by atoms with Crippen LogP contribution < -0.4 is 11.1 Å². The molecule has 138 valence electrons. The smallest absolute Gasteiger partial charge is 0.395 e. The van der Waals surface area contributed by atoms with E-state index in [4.69, 9.17) is 15.5 Å². The molecule has 25 heavy (non-hydrogen) atoms. The summed E-state index contributed by atoms with van der Waals surface area (Å²) in [5.74, 6) is 0.0531. The number of nitrogens with zero attached hydrogens (tertiary/aromatic N) is 3. The Bertz CT molecular complexity index is 824. The number of phosphoric acid groups is 1. The molecule has 0 saturated carbocycles. The SMILES string of the molecule is Nc1ncnc2c(C3NC(CO)C(O)C3O)cn(COP(=O)(O)O)c12. The van der Waals surface area contributed by atoms with Gasteiger partial charge in [-0.25, -0.2) is 14.5 Å². The van der Waals surface area contributed by atoms with Crippen molar-refractivity contribution in [1.82, 2.24) is 19.9 Å². The van der Waals surface area contributed by atoms with Crippen molar-refractivity contribution in [3.63, 3.8) is 0 Å². The average molecular weight is 375 g/mol. The van der Waals surface area contributed by atoms with Crippen molar-refractivity contribution in [2.75, 3.05) is 12.3 Å². The first kappa shape index (κ1) is 18.2. The summed E-state index contributed by atoms with van der Waals surface area (Å²) in [4.78, 5) is 25.7. The lowest BCUT2D eigenvalue weighted by Gasteiger charge is -2.14. The van der Waals surface area contributed by atoms with Crippen LogP contribution >= 0.6 is 7.82 Å². The number of aromatic nitrogens is 3. The molecule has 0 bridgehead atoms. The number of fused-ring (bicyclic) bond motifs is 1. The molecule has 3 heterocycles. The van der Waals surface area contributed by atoms with E-state index in [1.807, 2.05) is 0 Å². The Balaban J connectivity index is 2.05. The molecule has 12 nitrogen and oxygen atoms in total. The molecular weight excluding hydrogens is 357 g/mol. The molecule has 0 amide bonds. The van der Waals surface area contributed by atoms with Crippen LogP contribution in [0.1, 0.15) is 11.6 Å². The predicted molar refractivity (Wildman–Crippen MR) is 83.8 cm³/mol. The number of nitrogen functional groups attached to an aromatic ring is 1. The van der Waals surface area contributed by atoms with Crippen molar-refractivity contribution in [1.29, 1.82) is 0 Å². The van der Waals surface area contributed by atoms with Crippen molar-refractivity contribution in [3.8, 4) is 0 Å². The zero-order valence-electron chi connectivity index (χ0n) is 12.8. The molecule has 2 aromatic rings. The Hall–Kier alpha value is -1.63. The maximum Gasteiger partial charge on any atom is 0.471 e. The summed E-state index contributed by atoms with van der Waals surface area (Å²) in [6, 6.07) is -1.51. The van der Waals surface area contributed by atoms with Gasteiger partial charge in [0.05, 0.1) is 30.3 Å². The monoisotopic (exact) mass is 375 g/mol. The van der Waals surface area contributed by atoms with Crippen molar-refractivity contribution in [2.24, 2.45) is 0 Å². The third-order valence-electron chi connectivity index (χ3n) is 4.10. The molecule has 0 aromatic carbocycles. The van der Waals surface area contributed by atoms with E-state index in [0.717, 1.165) is 0 Å². The lowest BCUT2D eigenvalue weighted by Crippen LogP contribution is -2.35. The quantitative estimate of drug-likeness (QED) is 0.280. The molecule has 0 radical (unpaired) electrons. The van der Waals surface area contributed by atoms with E-state index < -0.39 is 38.8 Å². The van der Waals surface area contributed by atoms with Gasteiger partial charge >= 0.3 is 7.82 Å². The van der Waals surface area contributed by atoms with Gasteiger partial charge in [-0.1, -0.05) is 0 Å². The summed E-state index contributed by atoms with van der Waals surface area (Å²) in [7, 11) is -4.72. The van der Waals surface area contributed by atoms with Gasteiger partial charge in [-0.3, -0.25) is 4.52 Å². The number of phosphoric ester groups is 1. The lowest BCUT2D eigenvalue weighted by atomic mass is 10.0. The zero-order chi connectivity index (χ0) is 18.4. The van der Waals surface area contributed by atoms with Crippen LogP contribution in [-0.4, -0.2) is 64.5 Å². The first-order valence-electron chi connectivity index (χ1n) is 7.25. The lowest BCUT2D eigenvalue weighted by molar-refractivity contribution is 0.0195. The predicted octanol–water partition coefficient (Wildman–Crippen LogP) is -2.19. The third-order valence-corrected chi connectivity index (χ3v) is 4.55. The Kier molecular flexibility index (Phi) is 4.79. The summed E-state index contributed by atoms with van der Waals surface area (Å²) < 4.78 is 16.7. The van der Waals surface area contributed by atoms with Crippen LogP contribution in [0.5, 0.6) is 0 Å². The van der Waals surface area contributed by atoms with Gasteiger partial charge in [0.25, 0.3) is 0 Å². The molecule has 13 heteroatoms. The van der Waals surface area contributed by atoms with Crippen molar-refractivity contribution >= 4 is 24.7 Å². The molecular formula is C12H18N5O7P. The molecule has 4 unspecified atom stereocenters. The van der Waals surface area contributed by atoms with Crippen LogP contribution in [0.15, 0.2) is 12.5 Å². The molecule has 2 aromatic heterocycles. The summed E-state index contributed by atoms with van der Waals surface area (Å²) in [5, 5.41) is 32.4. The minimum absolute atomic E-state index is 0.0531. The molecule has 1 aliphatic rings. The third kappa shape index (κ3) is 3.38. The van der Waals surface area contributed by atoms with Crippen LogP contribution in [0.3, 0.4) is 0 Å². The Morgan fingerprint density at radius 1 is 1.32 bits per heavy atom. The molecule has 1 aliphatic heterocycles. The van der Waals surface area contributed by atoms with Gasteiger partial charge in [-0.15, -0.1) is 0 Å². The molecule has 8 N–H and O–H groups in total. The summed E-state index contributed by atoms with van der Waals surface area (Å²) in [6.45, 7) is -0.904. The molecule has 1 saturated heterocycles. The van der Waals surface area contributed by atoms with Crippen molar-refractivity contribution in [3.05, 3.63) is 18.1 Å². The first-order chi connectivity index (χ1) is 11.7. The number of aliphatic hydroxyl groups excluding tert-OH is 3. The van der Waals surface area contributed by atoms with E-state index in [2.05, 4.69) is 19.8 Å².